The lowest BCUT2D eigenvalue weighted by Gasteiger charge is -2.13. The van der Waals surface area contributed by atoms with E-state index in [-0.39, 0.29) is 11.6 Å². The van der Waals surface area contributed by atoms with E-state index >= 15 is 0 Å². The van der Waals surface area contributed by atoms with Gasteiger partial charge in [0.15, 0.2) is 5.96 Å². The summed E-state index contributed by atoms with van der Waals surface area (Å²) in [5, 5.41) is 5.88. The van der Waals surface area contributed by atoms with Crippen LogP contribution in [0.3, 0.4) is 0 Å². The number of thiocarbonyl (C=S) groups is 1. The summed E-state index contributed by atoms with van der Waals surface area (Å²) in [5.41, 5.74) is 6.31. The Labute approximate surface area is 153 Å². The fourth-order valence-electron chi connectivity index (χ4n) is 2.55. The zero-order valence-electron chi connectivity index (χ0n) is 13.4. The first-order chi connectivity index (χ1) is 12.4. The van der Waals surface area contributed by atoms with Gasteiger partial charge in [-0.15, -0.1) is 0 Å². The number of nitrogens with zero attached hydrogens (tertiary/aromatic N) is 1. The van der Waals surface area contributed by atoms with Crippen molar-refractivity contribution in [1.29, 1.82) is 0 Å². The molecule has 26 heavy (non-hydrogen) atoms. The fraction of sp³-hybridized carbons (Fsp3) is 0.0526. The lowest BCUT2D eigenvalue weighted by molar-refractivity contribution is -0.137. The summed E-state index contributed by atoms with van der Waals surface area (Å²) in [6.45, 7) is 0. The molecular weight excluding hydrogens is 359 g/mol. The predicted octanol–water partition coefficient (Wildman–Crippen LogP) is 5.26. The fourth-order valence-corrected chi connectivity index (χ4v) is 2.75. The van der Waals surface area contributed by atoms with E-state index in [1.165, 1.54) is 11.4 Å². The quantitative estimate of drug-likeness (QED) is 0.374. The van der Waals surface area contributed by atoms with Crippen molar-refractivity contribution in [3.8, 4) is 0 Å². The number of alkyl halides is 3. The first-order valence-electron chi connectivity index (χ1n) is 7.64. The van der Waals surface area contributed by atoms with Crippen LogP contribution in [0.5, 0.6) is 0 Å². The van der Waals surface area contributed by atoms with E-state index in [0.29, 0.717) is 11.3 Å². The molecule has 0 radical (unpaired) electrons. The highest BCUT2D eigenvalue weighted by Crippen LogP contribution is 2.32. The van der Waals surface area contributed by atoms with Crippen molar-refractivity contribution < 1.29 is 13.2 Å². The van der Waals surface area contributed by atoms with E-state index in [9.17, 15) is 13.2 Å². The number of guanidine groups is 1. The molecule has 0 spiro atoms. The first kappa shape index (κ1) is 17.9. The van der Waals surface area contributed by atoms with Crippen LogP contribution in [0.4, 0.5) is 24.5 Å². The van der Waals surface area contributed by atoms with E-state index in [1.54, 1.807) is 6.07 Å². The number of hydrogen-bond donors (Lipinski definition) is 2. The largest absolute Gasteiger partial charge is 0.416 e. The van der Waals surface area contributed by atoms with Crippen LogP contribution in [0.25, 0.3) is 10.8 Å². The normalized spacial score (nSPS) is 12.2. The van der Waals surface area contributed by atoms with Crippen molar-refractivity contribution in [3.05, 3.63) is 71.8 Å². The molecule has 0 amide bonds. The number of rotatable bonds is 3. The Morgan fingerprint density at radius 3 is 2.50 bits per heavy atom. The molecule has 3 N–H and O–H groups in total. The smallest absolute Gasteiger partial charge is 0.369 e. The number of aliphatic imine (C=N–C) groups is 1. The minimum Gasteiger partial charge on any atom is -0.369 e. The average Bonchev–Trinajstić information content (AvgIpc) is 2.61. The Balaban J connectivity index is 1.97. The van der Waals surface area contributed by atoms with Gasteiger partial charge in [0.25, 0.3) is 0 Å². The molecular formula is C19H14F3N3S. The Kier molecular flexibility index (Phi) is 4.90. The van der Waals surface area contributed by atoms with Crippen molar-refractivity contribution in [2.45, 2.75) is 6.18 Å². The number of nitrogens with one attached hydrogen (secondary N) is 1. The van der Waals surface area contributed by atoms with Crippen LogP contribution >= 0.6 is 12.2 Å². The summed E-state index contributed by atoms with van der Waals surface area (Å²) in [4.78, 5) is 4.30. The number of benzene rings is 3. The summed E-state index contributed by atoms with van der Waals surface area (Å²) in [7, 11) is 0. The third kappa shape index (κ3) is 3.83. The summed E-state index contributed by atoms with van der Waals surface area (Å²) < 4.78 is 38.8. The van der Waals surface area contributed by atoms with E-state index in [0.717, 1.165) is 22.9 Å². The van der Waals surface area contributed by atoms with Crippen LogP contribution in [0.2, 0.25) is 0 Å². The zero-order valence-corrected chi connectivity index (χ0v) is 14.2. The topological polar surface area (TPSA) is 50.4 Å². The molecule has 3 nitrogen and oxygen atoms in total. The molecule has 0 bridgehead atoms. The Morgan fingerprint density at radius 1 is 1.04 bits per heavy atom. The van der Waals surface area contributed by atoms with Gasteiger partial charge in [-0.25, -0.2) is 4.99 Å². The van der Waals surface area contributed by atoms with E-state index in [2.05, 4.69) is 10.3 Å². The summed E-state index contributed by atoms with van der Waals surface area (Å²) >= 11 is 4.86. The van der Waals surface area contributed by atoms with Gasteiger partial charge in [0.2, 0.25) is 0 Å². The third-order valence-corrected chi connectivity index (χ3v) is 4.03. The summed E-state index contributed by atoms with van der Waals surface area (Å²) in [6, 6.07) is 16.4. The third-order valence-electron chi connectivity index (χ3n) is 3.78. The van der Waals surface area contributed by atoms with E-state index < -0.39 is 11.7 Å². The molecule has 3 rings (SSSR count). The zero-order chi connectivity index (χ0) is 18.7. The highest BCUT2D eigenvalue weighted by atomic mass is 32.1. The minimum atomic E-state index is -4.46. The van der Waals surface area contributed by atoms with Crippen molar-refractivity contribution in [1.82, 2.24) is 0 Å². The second-order valence-corrected chi connectivity index (χ2v) is 5.77. The van der Waals surface area contributed by atoms with E-state index in [4.69, 9.17) is 18.0 Å². The van der Waals surface area contributed by atoms with Crippen LogP contribution in [0.1, 0.15) is 11.1 Å². The molecule has 3 aromatic rings. The Hall–Kier alpha value is -2.93. The molecule has 0 aromatic heterocycles. The van der Waals surface area contributed by atoms with Gasteiger partial charge in [0, 0.05) is 22.0 Å². The summed E-state index contributed by atoms with van der Waals surface area (Å²) in [6.07, 6.45) is -4.46. The molecule has 0 heterocycles. The molecule has 132 valence electrons. The maximum Gasteiger partial charge on any atom is 0.416 e. The highest BCUT2D eigenvalue weighted by molar-refractivity contribution is 7.79. The lowest BCUT2D eigenvalue weighted by Crippen LogP contribution is -2.23. The maximum absolute atomic E-state index is 12.9. The Bertz CT molecular complexity index is 991. The molecule has 0 fully saturated rings. The molecule has 0 aliphatic rings. The van der Waals surface area contributed by atoms with Crippen LogP contribution in [-0.2, 0) is 6.18 Å². The average molecular weight is 373 g/mol. The highest BCUT2D eigenvalue weighted by Gasteiger charge is 2.31. The van der Waals surface area contributed by atoms with Gasteiger partial charge in [0.1, 0.15) is 0 Å². The lowest BCUT2D eigenvalue weighted by atomic mass is 10.1. The Morgan fingerprint density at radius 2 is 1.77 bits per heavy atom. The number of fused-ring (bicyclic) bond motifs is 1. The van der Waals surface area contributed by atoms with Crippen LogP contribution in [0.15, 0.2) is 65.7 Å². The number of nitrogens with two attached hydrogens (primary N) is 1. The molecule has 0 atom stereocenters. The van der Waals surface area contributed by atoms with Crippen molar-refractivity contribution in [2.75, 3.05) is 5.32 Å². The van der Waals surface area contributed by atoms with Gasteiger partial charge in [-0.1, -0.05) is 54.7 Å². The predicted molar refractivity (Wildman–Crippen MR) is 103 cm³/mol. The molecule has 3 aromatic carbocycles. The second kappa shape index (κ2) is 7.13. The number of anilines is 1. The molecule has 0 aliphatic heterocycles. The molecule has 0 unspecified atom stereocenters. The van der Waals surface area contributed by atoms with Crippen LogP contribution < -0.4 is 11.1 Å². The van der Waals surface area contributed by atoms with Gasteiger partial charge in [-0.05, 0) is 23.6 Å². The van der Waals surface area contributed by atoms with Gasteiger partial charge in [-0.2, -0.15) is 13.2 Å². The van der Waals surface area contributed by atoms with Crippen molar-refractivity contribution in [3.63, 3.8) is 0 Å². The van der Waals surface area contributed by atoms with Gasteiger partial charge < -0.3 is 11.1 Å². The summed E-state index contributed by atoms with van der Waals surface area (Å²) in [5.74, 6) is -0.0289. The van der Waals surface area contributed by atoms with Gasteiger partial charge in [-0.3, -0.25) is 0 Å². The maximum atomic E-state index is 12.9. The number of halogens is 3. The minimum absolute atomic E-state index is 0.0289. The van der Waals surface area contributed by atoms with Crippen LogP contribution in [-0.4, -0.2) is 11.3 Å². The monoisotopic (exact) mass is 373 g/mol. The van der Waals surface area contributed by atoms with Gasteiger partial charge in [0.05, 0.1) is 11.3 Å². The standard InChI is InChI=1S/C19H14F3N3S/c20-19(21,22)14-9-8-13(11-26)17(10-14)25-18(23)24-16-7-3-5-12-4-1-2-6-15(12)16/h1-11H,(H3,23,24,25). The van der Waals surface area contributed by atoms with Crippen molar-refractivity contribution >= 4 is 45.7 Å². The van der Waals surface area contributed by atoms with Crippen LogP contribution in [0, 0.1) is 0 Å². The van der Waals surface area contributed by atoms with Crippen molar-refractivity contribution in [2.24, 2.45) is 10.7 Å². The number of hydrogen-bond acceptors (Lipinski definition) is 2. The molecule has 0 aliphatic carbocycles. The molecule has 0 saturated heterocycles. The first-order valence-corrected chi connectivity index (χ1v) is 8.11. The van der Waals surface area contributed by atoms with E-state index in [1.807, 2.05) is 36.4 Å². The molecule has 7 heteroatoms. The molecule has 0 saturated carbocycles. The van der Waals surface area contributed by atoms with Gasteiger partial charge >= 0.3 is 6.18 Å². The second-order valence-electron chi connectivity index (χ2n) is 5.54. The SMILES string of the molecule is NC(=Nc1cccc2ccccc12)Nc1cc(C(F)(F)F)ccc1C=S.